The molecular formula is C13H25N3O. The topological polar surface area (TPSA) is 44.4 Å². The highest BCUT2D eigenvalue weighted by molar-refractivity contribution is 5.82. The van der Waals surface area contributed by atoms with Crippen LogP contribution >= 0.6 is 0 Å². The zero-order chi connectivity index (χ0) is 12.1. The fraction of sp³-hybridized carbons (Fsp3) is 0.923. The first-order valence-electron chi connectivity index (χ1n) is 6.98. The minimum absolute atomic E-state index is 0.0167. The molecule has 1 saturated carbocycles. The maximum atomic E-state index is 12.1. The maximum absolute atomic E-state index is 12.1. The summed E-state index contributed by atoms with van der Waals surface area (Å²) in [7, 11) is 2.08. The van der Waals surface area contributed by atoms with E-state index in [1.807, 2.05) is 0 Å². The Morgan fingerprint density at radius 3 is 2.59 bits per heavy atom. The number of rotatable bonds is 2. The molecular weight excluding hydrogens is 214 g/mol. The van der Waals surface area contributed by atoms with Crippen LogP contribution in [0.2, 0.25) is 0 Å². The quantitative estimate of drug-likeness (QED) is 0.698. The molecule has 2 aliphatic rings. The smallest absolute Gasteiger partial charge is 0.238 e. The van der Waals surface area contributed by atoms with Gasteiger partial charge in [0.05, 0.1) is 6.04 Å². The number of amides is 1. The van der Waals surface area contributed by atoms with Crippen LogP contribution in [0.3, 0.4) is 0 Å². The average Bonchev–Trinajstić information content (AvgIpc) is 2.57. The number of carbonyl (C=O) groups is 1. The van der Waals surface area contributed by atoms with Gasteiger partial charge in [-0.25, -0.2) is 0 Å². The fourth-order valence-corrected chi connectivity index (χ4v) is 2.80. The lowest BCUT2D eigenvalue weighted by Gasteiger charge is -2.31. The van der Waals surface area contributed by atoms with Gasteiger partial charge >= 0.3 is 0 Å². The van der Waals surface area contributed by atoms with Gasteiger partial charge in [-0.2, -0.15) is 0 Å². The summed E-state index contributed by atoms with van der Waals surface area (Å²) in [6.07, 6.45) is 7.52. The minimum atomic E-state index is -0.0167. The fourth-order valence-electron chi connectivity index (χ4n) is 2.80. The number of hydrogen-bond acceptors (Lipinski definition) is 3. The van der Waals surface area contributed by atoms with Crippen LogP contribution in [0.1, 0.15) is 38.5 Å². The Kier molecular flexibility index (Phi) is 4.80. The summed E-state index contributed by atoms with van der Waals surface area (Å²) in [4.78, 5) is 14.3. The second-order valence-electron chi connectivity index (χ2n) is 5.47. The lowest BCUT2D eigenvalue weighted by Crippen LogP contribution is -2.57. The summed E-state index contributed by atoms with van der Waals surface area (Å²) in [6.45, 7) is 2.78. The van der Waals surface area contributed by atoms with Gasteiger partial charge in [0.15, 0.2) is 0 Å². The van der Waals surface area contributed by atoms with Gasteiger partial charge in [0.25, 0.3) is 0 Å². The predicted molar refractivity (Wildman–Crippen MR) is 68.9 cm³/mol. The van der Waals surface area contributed by atoms with Crippen molar-refractivity contribution in [1.82, 2.24) is 15.5 Å². The summed E-state index contributed by atoms with van der Waals surface area (Å²) >= 11 is 0. The summed E-state index contributed by atoms with van der Waals surface area (Å²) in [5, 5.41) is 6.52. The number of hydrogen-bond donors (Lipinski definition) is 2. The third-order valence-corrected chi connectivity index (χ3v) is 3.90. The van der Waals surface area contributed by atoms with Crippen LogP contribution < -0.4 is 10.6 Å². The van der Waals surface area contributed by atoms with Crippen molar-refractivity contribution in [2.75, 3.05) is 26.7 Å². The van der Waals surface area contributed by atoms with Crippen molar-refractivity contribution in [2.24, 2.45) is 0 Å². The Morgan fingerprint density at radius 1 is 1.24 bits per heavy atom. The summed E-state index contributed by atoms with van der Waals surface area (Å²) < 4.78 is 0. The normalized spacial score (nSPS) is 28.6. The second kappa shape index (κ2) is 6.36. The number of piperazine rings is 1. The third-order valence-electron chi connectivity index (χ3n) is 3.90. The van der Waals surface area contributed by atoms with Crippen molar-refractivity contribution >= 4 is 5.91 Å². The van der Waals surface area contributed by atoms with Crippen molar-refractivity contribution in [3.8, 4) is 0 Å². The van der Waals surface area contributed by atoms with Gasteiger partial charge in [-0.15, -0.1) is 0 Å². The molecule has 1 unspecified atom stereocenters. The highest BCUT2D eigenvalue weighted by atomic mass is 16.2. The average molecular weight is 239 g/mol. The Balaban J connectivity index is 1.78. The zero-order valence-electron chi connectivity index (χ0n) is 10.9. The van der Waals surface area contributed by atoms with Crippen LogP contribution in [0.25, 0.3) is 0 Å². The van der Waals surface area contributed by atoms with E-state index in [9.17, 15) is 4.79 Å². The Hall–Kier alpha value is -0.610. The standard InChI is InChI=1S/C13H25N3O/c1-16-9-8-14-12(10-16)13(17)15-11-6-4-2-3-5-7-11/h11-12,14H,2-10H2,1H3,(H,15,17). The minimum Gasteiger partial charge on any atom is -0.352 e. The third kappa shape index (κ3) is 3.96. The summed E-state index contributed by atoms with van der Waals surface area (Å²) in [5.74, 6) is 0.198. The van der Waals surface area contributed by atoms with E-state index in [-0.39, 0.29) is 11.9 Å². The molecule has 2 fully saturated rings. The van der Waals surface area contributed by atoms with E-state index >= 15 is 0 Å². The molecule has 1 aliphatic carbocycles. The molecule has 1 amide bonds. The first kappa shape index (κ1) is 12.8. The van der Waals surface area contributed by atoms with Gasteiger partial charge in [0, 0.05) is 25.7 Å². The van der Waals surface area contributed by atoms with E-state index in [1.165, 1.54) is 25.7 Å². The number of nitrogens with one attached hydrogen (secondary N) is 2. The Bertz CT molecular complexity index is 249. The zero-order valence-corrected chi connectivity index (χ0v) is 10.9. The van der Waals surface area contributed by atoms with Gasteiger partial charge in [0.2, 0.25) is 5.91 Å². The lowest BCUT2D eigenvalue weighted by atomic mass is 10.1. The number of nitrogens with zero attached hydrogens (tertiary/aromatic N) is 1. The molecule has 0 radical (unpaired) electrons. The summed E-state index contributed by atoms with van der Waals surface area (Å²) in [5.41, 5.74) is 0. The van der Waals surface area contributed by atoms with Crippen LogP contribution in [0, 0.1) is 0 Å². The van der Waals surface area contributed by atoms with Crippen LogP contribution in [0.4, 0.5) is 0 Å². The highest BCUT2D eigenvalue weighted by Crippen LogP contribution is 2.17. The molecule has 0 aromatic rings. The molecule has 1 heterocycles. The van der Waals surface area contributed by atoms with Gasteiger partial charge in [-0.05, 0) is 19.9 Å². The number of likely N-dealkylation sites (N-methyl/N-ethyl adjacent to an activating group) is 1. The van der Waals surface area contributed by atoms with E-state index in [2.05, 4.69) is 22.6 Å². The second-order valence-corrected chi connectivity index (χ2v) is 5.47. The van der Waals surface area contributed by atoms with Gasteiger partial charge in [-0.1, -0.05) is 25.7 Å². The molecule has 4 nitrogen and oxygen atoms in total. The molecule has 1 atom stereocenters. The van der Waals surface area contributed by atoms with Gasteiger partial charge in [-0.3, -0.25) is 4.79 Å². The molecule has 1 saturated heterocycles. The SMILES string of the molecule is CN1CCNC(C(=O)NC2CCCCCC2)C1. The molecule has 98 valence electrons. The van der Waals surface area contributed by atoms with Crippen molar-refractivity contribution in [3.63, 3.8) is 0 Å². The maximum Gasteiger partial charge on any atom is 0.238 e. The van der Waals surface area contributed by atoms with Crippen molar-refractivity contribution < 1.29 is 4.79 Å². The highest BCUT2D eigenvalue weighted by Gasteiger charge is 2.25. The predicted octanol–water partition coefficient (Wildman–Crippen LogP) is 0.729. The molecule has 0 bridgehead atoms. The molecule has 0 aromatic carbocycles. The van der Waals surface area contributed by atoms with Crippen molar-refractivity contribution in [3.05, 3.63) is 0 Å². The first-order chi connectivity index (χ1) is 8.25. The van der Waals surface area contributed by atoms with Crippen molar-refractivity contribution in [1.29, 1.82) is 0 Å². The van der Waals surface area contributed by atoms with Crippen LogP contribution in [0.5, 0.6) is 0 Å². The van der Waals surface area contributed by atoms with Crippen molar-refractivity contribution in [2.45, 2.75) is 50.6 Å². The molecule has 0 aromatic heterocycles. The number of carbonyl (C=O) groups excluding carboxylic acids is 1. The van der Waals surface area contributed by atoms with Gasteiger partial charge in [0.1, 0.15) is 0 Å². The first-order valence-corrected chi connectivity index (χ1v) is 6.98. The largest absolute Gasteiger partial charge is 0.352 e. The molecule has 2 N–H and O–H groups in total. The Labute approximate surface area is 104 Å². The van der Waals surface area contributed by atoms with E-state index in [4.69, 9.17) is 0 Å². The van der Waals surface area contributed by atoms with Crippen LogP contribution in [-0.4, -0.2) is 49.6 Å². The lowest BCUT2D eigenvalue weighted by molar-refractivity contribution is -0.124. The van der Waals surface area contributed by atoms with Crippen LogP contribution in [0.15, 0.2) is 0 Å². The molecule has 0 spiro atoms. The molecule has 2 rings (SSSR count). The van der Waals surface area contributed by atoms with E-state index in [1.54, 1.807) is 0 Å². The monoisotopic (exact) mass is 239 g/mol. The Morgan fingerprint density at radius 2 is 1.94 bits per heavy atom. The molecule has 1 aliphatic heterocycles. The van der Waals surface area contributed by atoms with Gasteiger partial charge < -0.3 is 15.5 Å². The molecule has 17 heavy (non-hydrogen) atoms. The summed E-state index contributed by atoms with van der Waals surface area (Å²) in [6, 6.07) is 0.399. The van der Waals surface area contributed by atoms with E-state index < -0.39 is 0 Å². The van der Waals surface area contributed by atoms with E-state index in [0.717, 1.165) is 32.5 Å². The van der Waals surface area contributed by atoms with Crippen LogP contribution in [-0.2, 0) is 4.79 Å². The van der Waals surface area contributed by atoms with E-state index in [0.29, 0.717) is 6.04 Å². The molecule has 4 heteroatoms.